The number of anilines is 1. The van der Waals surface area contributed by atoms with Crippen LogP contribution in [0, 0.1) is 0 Å². The SMILES string of the molecule is Clc1ccc(-c2nc(N3N=C(c4ccc(Cl)cc4Cl)C[C@@H]3c3ccco3)nc3ccccc23)cc1. The molecule has 2 aromatic heterocycles. The zero-order chi connectivity index (χ0) is 23.9. The van der Waals surface area contributed by atoms with Crippen molar-refractivity contribution >= 4 is 57.4 Å². The number of furan rings is 1. The van der Waals surface area contributed by atoms with E-state index < -0.39 is 0 Å². The third kappa shape index (κ3) is 4.16. The smallest absolute Gasteiger partial charge is 0.248 e. The summed E-state index contributed by atoms with van der Waals surface area (Å²) >= 11 is 18.8. The third-order valence-electron chi connectivity index (χ3n) is 5.94. The lowest BCUT2D eigenvalue weighted by Gasteiger charge is -2.21. The quantitative estimate of drug-likeness (QED) is 0.240. The highest BCUT2D eigenvalue weighted by Gasteiger charge is 2.34. The average molecular weight is 520 g/mol. The molecule has 0 saturated carbocycles. The summed E-state index contributed by atoms with van der Waals surface area (Å²) in [7, 11) is 0. The minimum Gasteiger partial charge on any atom is -0.467 e. The first-order chi connectivity index (χ1) is 17.1. The van der Waals surface area contributed by atoms with Crippen LogP contribution in [0.2, 0.25) is 15.1 Å². The molecule has 0 saturated heterocycles. The van der Waals surface area contributed by atoms with E-state index in [4.69, 9.17) is 54.3 Å². The Morgan fingerprint density at radius 3 is 2.40 bits per heavy atom. The second kappa shape index (κ2) is 9.00. The highest BCUT2D eigenvalue weighted by molar-refractivity contribution is 6.37. The Balaban J connectivity index is 1.53. The van der Waals surface area contributed by atoms with Crippen molar-refractivity contribution in [2.75, 3.05) is 5.01 Å². The van der Waals surface area contributed by atoms with Crippen LogP contribution in [0.4, 0.5) is 5.95 Å². The molecular weight excluding hydrogens is 503 g/mol. The molecule has 1 aliphatic heterocycles. The molecule has 3 heterocycles. The molecule has 1 atom stereocenters. The van der Waals surface area contributed by atoms with Crippen LogP contribution in [-0.4, -0.2) is 15.7 Å². The second-order valence-corrected chi connectivity index (χ2v) is 9.43. The van der Waals surface area contributed by atoms with Crippen LogP contribution >= 0.6 is 34.8 Å². The number of hydrazone groups is 1. The molecule has 6 rings (SSSR count). The topological polar surface area (TPSA) is 54.5 Å². The van der Waals surface area contributed by atoms with Crippen molar-refractivity contribution in [3.8, 4) is 11.3 Å². The van der Waals surface area contributed by atoms with Gasteiger partial charge in [-0.1, -0.05) is 71.2 Å². The summed E-state index contributed by atoms with van der Waals surface area (Å²) < 4.78 is 5.78. The maximum atomic E-state index is 6.52. The van der Waals surface area contributed by atoms with Gasteiger partial charge in [-0.25, -0.2) is 15.0 Å². The maximum Gasteiger partial charge on any atom is 0.248 e. The van der Waals surface area contributed by atoms with Crippen LogP contribution in [0.25, 0.3) is 22.2 Å². The molecule has 3 aromatic carbocycles. The van der Waals surface area contributed by atoms with Gasteiger partial charge >= 0.3 is 0 Å². The van der Waals surface area contributed by atoms with Crippen molar-refractivity contribution in [2.24, 2.45) is 5.10 Å². The molecule has 0 fully saturated rings. The number of hydrogen-bond acceptors (Lipinski definition) is 5. The van der Waals surface area contributed by atoms with E-state index in [2.05, 4.69) is 0 Å². The summed E-state index contributed by atoms with van der Waals surface area (Å²) in [6.45, 7) is 0. The van der Waals surface area contributed by atoms with Crippen molar-refractivity contribution < 1.29 is 4.42 Å². The lowest BCUT2D eigenvalue weighted by molar-refractivity contribution is 0.463. The van der Waals surface area contributed by atoms with Crippen molar-refractivity contribution in [1.29, 1.82) is 0 Å². The van der Waals surface area contributed by atoms with Crippen LogP contribution in [-0.2, 0) is 0 Å². The Labute approximate surface area is 216 Å². The fraction of sp³-hybridized carbons (Fsp3) is 0.0741. The van der Waals surface area contributed by atoms with Gasteiger partial charge in [0.1, 0.15) is 11.8 Å². The maximum absolute atomic E-state index is 6.52. The van der Waals surface area contributed by atoms with E-state index >= 15 is 0 Å². The summed E-state index contributed by atoms with van der Waals surface area (Å²) in [6.07, 6.45) is 2.22. The molecule has 172 valence electrons. The lowest BCUT2D eigenvalue weighted by Crippen LogP contribution is -2.20. The zero-order valence-electron chi connectivity index (χ0n) is 18.2. The van der Waals surface area contributed by atoms with E-state index in [1.165, 1.54) is 0 Å². The van der Waals surface area contributed by atoms with Crippen molar-refractivity contribution in [3.63, 3.8) is 0 Å². The second-order valence-electron chi connectivity index (χ2n) is 8.15. The largest absolute Gasteiger partial charge is 0.467 e. The van der Waals surface area contributed by atoms with E-state index in [0.717, 1.165) is 39.2 Å². The Morgan fingerprint density at radius 1 is 0.829 bits per heavy atom. The van der Waals surface area contributed by atoms with E-state index in [1.807, 2.05) is 71.7 Å². The molecule has 5 aromatic rings. The first kappa shape index (κ1) is 22.1. The van der Waals surface area contributed by atoms with Crippen LogP contribution in [0.1, 0.15) is 23.8 Å². The number of halogens is 3. The third-order valence-corrected chi connectivity index (χ3v) is 6.74. The first-order valence-corrected chi connectivity index (χ1v) is 12.1. The number of rotatable bonds is 4. The lowest BCUT2D eigenvalue weighted by atomic mass is 10.0. The Kier molecular flexibility index (Phi) is 5.69. The summed E-state index contributed by atoms with van der Waals surface area (Å²) in [6, 6.07) is 24.5. The summed E-state index contributed by atoms with van der Waals surface area (Å²) in [4.78, 5) is 9.85. The van der Waals surface area contributed by atoms with Gasteiger partial charge in [0.15, 0.2) is 0 Å². The highest BCUT2D eigenvalue weighted by Crippen LogP contribution is 2.39. The Hall–Kier alpha value is -3.38. The normalized spacial score (nSPS) is 15.6. The van der Waals surface area contributed by atoms with Crippen LogP contribution in [0.15, 0.2) is 94.6 Å². The number of hydrogen-bond donors (Lipinski definition) is 0. The monoisotopic (exact) mass is 518 g/mol. The number of benzene rings is 3. The number of nitrogens with zero attached hydrogens (tertiary/aromatic N) is 4. The predicted molar refractivity (Wildman–Crippen MR) is 142 cm³/mol. The van der Waals surface area contributed by atoms with Gasteiger partial charge in [-0.05, 0) is 42.5 Å². The number of para-hydroxylation sites is 1. The summed E-state index contributed by atoms with van der Waals surface area (Å²) in [5.74, 6) is 1.23. The van der Waals surface area contributed by atoms with Crippen LogP contribution < -0.4 is 5.01 Å². The molecular formula is C27H17Cl3N4O. The van der Waals surface area contributed by atoms with Gasteiger partial charge in [-0.3, -0.25) is 0 Å². The van der Waals surface area contributed by atoms with E-state index in [0.29, 0.717) is 27.4 Å². The standard InChI is InChI=1S/C27H17Cl3N4O/c28-17-9-7-16(8-10-17)26-20-4-1-2-5-22(20)31-27(32-26)34-24(25-6-3-13-35-25)15-23(33-34)19-12-11-18(29)14-21(19)30/h1-14,24H,15H2/t24-/m1/s1. The predicted octanol–water partition coefficient (Wildman–Crippen LogP) is 8.21. The molecule has 0 spiro atoms. The molecule has 0 bridgehead atoms. The molecule has 0 radical (unpaired) electrons. The van der Waals surface area contributed by atoms with Gasteiger partial charge < -0.3 is 4.42 Å². The fourth-order valence-corrected chi connectivity index (χ4v) is 4.92. The van der Waals surface area contributed by atoms with Gasteiger partial charge in [-0.2, -0.15) is 5.10 Å². The zero-order valence-corrected chi connectivity index (χ0v) is 20.5. The minimum atomic E-state index is -0.231. The van der Waals surface area contributed by atoms with Crippen molar-refractivity contribution in [3.05, 3.63) is 112 Å². The average Bonchev–Trinajstić information content (AvgIpc) is 3.54. The number of fused-ring (bicyclic) bond motifs is 1. The van der Waals surface area contributed by atoms with Crippen molar-refractivity contribution in [2.45, 2.75) is 12.5 Å². The Morgan fingerprint density at radius 2 is 1.63 bits per heavy atom. The van der Waals surface area contributed by atoms with E-state index in [1.54, 1.807) is 18.4 Å². The van der Waals surface area contributed by atoms with E-state index in [9.17, 15) is 0 Å². The molecule has 0 N–H and O–H groups in total. The fourth-order valence-electron chi connectivity index (χ4n) is 4.28. The molecule has 35 heavy (non-hydrogen) atoms. The van der Waals surface area contributed by atoms with Crippen molar-refractivity contribution in [1.82, 2.24) is 9.97 Å². The number of aromatic nitrogens is 2. The van der Waals surface area contributed by atoms with Gasteiger partial charge in [-0.15, -0.1) is 0 Å². The van der Waals surface area contributed by atoms with Gasteiger partial charge in [0.2, 0.25) is 5.95 Å². The van der Waals surface area contributed by atoms with Crippen LogP contribution in [0.5, 0.6) is 0 Å². The van der Waals surface area contributed by atoms with Gasteiger partial charge in [0.05, 0.1) is 28.2 Å². The van der Waals surface area contributed by atoms with Gasteiger partial charge in [0.25, 0.3) is 0 Å². The molecule has 1 aliphatic rings. The molecule has 0 aliphatic carbocycles. The molecule has 5 nitrogen and oxygen atoms in total. The van der Waals surface area contributed by atoms with Gasteiger partial charge in [0, 0.05) is 33.0 Å². The molecule has 8 heteroatoms. The highest BCUT2D eigenvalue weighted by atomic mass is 35.5. The minimum absolute atomic E-state index is 0.231. The summed E-state index contributed by atoms with van der Waals surface area (Å²) in [5.41, 5.74) is 4.17. The molecule has 0 unspecified atom stereocenters. The summed E-state index contributed by atoms with van der Waals surface area (Å²) in [5, 5.41) is 9.46. The first-order valence-electron chi connectivity index (χ1n) is 10.9. The van der Waals surface area contributed by atoms with E-state index in [-0.39, 0.29) is 6.04 Å². The Bertz CT molecular complexity index is 1570. The van der Waals surface area contributed by atoms with Crippen LogP contribution in [0.3, 0.4) is 0 Å². The molecule has 0 amide bonds.